The van der Waals surface area contributed by atoms with Crippen molar-refractivity contribution < 1.29 is 23.7 Å². The Bertz CT molecular complexity index is 653. The molecule has 140 valence electrons. The van der Waals surface area contributed by atoms with Crippen molar-refractivity contribution in [2.45, 2.75) is 32.0 Å². The molecule has 8 nitrogen and oxygen atoms in total. The lowest BCUT2D eigenvalue weighted by molar-refractivity contribution is -0.140. The van der Waals surface area contributed by atoms with Crippen LogP contribution in [-0.2, 0) is 14.2 Å². The summed E-state index contributed by atoms with van der Waals surface area (Å²) in [6.07, 6.45) is 0.355. The zero-order chi connectivity index (χ0) is 18.4. The molecule has 0 bridgehead atoms. The van der Waals surface area contributed by atoms with Gasteiger partial charge in [-0.25, -0.2) is 0 Å². The van der Waals surface area contributed by atoms with E-state index in [4.69, 9.17) is 18.9 Å². The van der Waals surface area contributed by atoms with Crippen LogP contribution in [-0.4, -0.2) is 57.8 Å². The number of aromatic nitrogens is 1. The molecule has 25 heavy (non-hydrogen) atoms. The molecule has 0 aliphatic carbocycles. The molecule has 1 N–H and O–H groups in total. The van der Waals surface area contributed by atoms with Gasteiger partial charge in [-0.3, -0.25) is 14.3 Å². The quantitative estimate of drug-likeness (QED) is 0.383. The van der Waals surface area contributed by atoms with Crippen LogP contribution in [0, 0.1) is 0 Å². The molecular weight excluding hydrogens is 328 g/mol. The lowest BCUT2D eigenvalue weighted by Gasteiger charge is -2.16. The summed E-state index contributed by atoms with van der Waals surface area (Å²) in [6, 6.07) is 1.53. The van der Waals surface area contributed by atoms with E-state index < -0.39 is 6.29 Å². The highest BCUT2D eigenvalue weighted by molar-refractivity contribution is 5.97. The van der Waals surface area contributed by atoms with Gasteiger partial charge >= 0.3 is 0 Å². The number of nitrogens with one attached hydrogen (secondary N) is 1. The minimum Gasteiger partial charge on any atom is -0.491 e. The normalized spacial score (nSPS) is 16.0. The first-order valence-corrected chi connectivity index (χ1v) is 8.27. The van der Waals surface area contributed by atoms with Crippen LogP contribution >= 0.6 is 0 Å². The van der Waals surface area contributed by atoms with Gasteiger partial charge in [0.1, 0.15) is 0 Å². The molecule has 1 aromatic rings. The molecule has 0 radical (unpaired) electrons. The van der Waals surface area contributed by atoms with Crippen molar-refractivity contribution in [3.63, 3.8) is 0 Å². The van der Waals surface area contributed by atoms with Crippen LogP contribution < -0.4 is 15.6 Å². The van der Waals surface area contributed by atoms with Crippen molar-refractivity contribution in [1.29, 1.82) is 0 Å². The third-order valence-corrected chi connectivity index (χ3v) is 4.20. The number of Topliss-reactive ketones (excluding diaryl/α,β-unsaturated/α-hetero) is 1. The number of nitrogens with zero attached hydrogens (tertiary/aromatic N) is 1. The Morgan fingerprint density at radius 2 is 2.08 bits per heavy atom. The van der Waals surface area contributed by atoms with Crippen molar-refractivity contribution in [3.05, 3.63) is 27.7 Å². The molecule has 1 unspecified atom stereocenters. The van der Waals surface area contributed by atoms with Gasteiger partial charge < -0.3 is 24.4 Å². The summed E-state index contributed by atoms with van der Waals surface area (Å²) in [5.41, 5.74) is 3.95. The van der Waals surface area contributed by atoms with Crippen molar-refractivity contribution >= 4 is 5.78 Å². The number of methoxy groups -OCH3 is 3. The third-order valence-electron chi connectivity index (χ3n) is 4.20. The van der Waals surface area contributed by atoms with E-state index in [0.717, 1.165) is 5.69 Å². The molecule has 2 rings (SSSR count). The van der Waals surface area contributed by atoms with Gasteiger partial charge in [0.05, 0.1) is 13.7 Å². The molecule has 0 saturated heterocycles. The third kappa shape index (κ3) is 4.39. The molecule has 0 saturated carbocycles. The van der Waals surface area contributed by atoms with E-state index in [1.54, 1.807) is 4.68 Å². The summed E-state index contributed by atoms with van der Waals surface area (Å²) in [5.74, 6) is 0.0830. The summed E-state index contributed by atoms with van der Waals surface area (Å²) in [4.78, 5) is 24.9. The van der Waals surface area contributed by atoms with Gasteiger partial charge in [-0.1, -0.05) is 6.92 Å². The zero-order valence-electron chi connectivity index (χ0n) is 15.2. The zero-order valence-corrected chi connectivity index (χ0v) is 15.2. The smallest absolute Gasteiger partial charge is 0.224 e. The topological polar surface area (TPSA) is 88.0 Å². The first-order valence-electron chi connectivity index (χ1n) is 8.27. The molecule has 1 aliphatic heterocycles. The first kappa shape index (κ1) is 19.4. The Labute approximate surface area is 147 Å². The highest BCUT2D eigenvalue weighted by Gasteiger charge is 2.27. The molecule has 1 aliphatic rings. The lowest BCUT2D eigenvalue weighted by atomic mass is 10.1. The maximum Gasteiger partial charge on any atom is 0.224 e. The second-order valence-electron chi connectivity index (χ2n) is 5.92. The van der Waals surface area contributed by atoms with E-state index in [0.29, 0.717) is 26.2 Å². The maximum atomic E-state index is 12.7. The predicted octanol–water partition coefficient (Wildman–Crippen LogP) is 1.12. The second-order valence-corrected chi connectivity index (χ2v) is 5.92. The number of fused-ring (bicyclic) bond motifs is 1. The van der Waals surface area contributed by atoms with Gasteiger partial charge in [-0.2, -0.15) is 0 Å². The molecule has 1 atom stereocenters. The number of hydrogen-bond acceptors (Lipinski definition) is 7. The van der Waals surface area contributed by atoms with Crippen LogP contribution in [0.3, 0.4) is 0 Å². The van der Waals surface area contributed by atoms with E-state index in [2.05, 4.69) is 5.43 Å². The van der Waals surface area contributed by atoms with Crippen LogP contribution in [0.15, 0.2) is 10.9 Å². The fourth-order valence-electron chi connectivity index (χ4n) is 2.79. The molecule has 0 amide bonds. The average Bonchev–Trinajstić information content (AvgIpc) is 2.97. The Hall–Kier alpha value is -1.90. The standard InChI is InChI=1S/C17H26N2O6/c1-11-9-18-19-12(11)8-14(21)17(24-4)16(19)13(20)6-5-7-25-10-15(22-2)23-3/h8,11,15,18H,5-7,9-10H2,1-4H3. The monoisotopic (exact) mass is 354 g/mol. The summed E-state index contributed by atoms with van der Waals surface area (Å²) < 4.78 is 22.4. The minimum atomic E-state index is -0.419. The van der Waals surface area contributed by atoms with E-state index in [1.807, 2.05) is 6.92 Å². The molecule has 2 heterocycles. The number of carbonyl (C=O) groups is 1. The highest BCUT2D eigenvalue weighted by atomic mass is 16.7. The Balaban J connectivity index is 2.02. The summed E-state index contributed by atoms with van der Waals surface area (Å²) in [7, 11) is 4.47. The summed E-state index contributed by atoms with van der Waals surface area (Å²) >= 11 is 0. The van der Waals surface area contributed by atoms with Gasteiger partial charge in [-0.05, 0) is 6.42 Å². The Kier molecular flexibility index (Phi) is 6.98. The summed E-state index contributed by atoms with van der Waals surface area (Å²) in [6.45, 7) is 3.36. The van der Waals surface area contributed by atoms with E-state index in [-0.39, 0.29) is 35.0 Å². The number of rotatable bonds is 10. The molecular formula is C17H26N2O6. The van der Waals surface area contributed by atoms with Crippen LogP contribution in [0.4, 0.5) is 0 Å². The highest BCUT2D eigenvalue weighted by Crippen LogP contribution is 2.25. The van der Waals surface area contributed by atoms with Crippen LogP contribution in [0.5, 0.6) is 5.75 Å². The van der Waals surface area contributed by atoms with Gasteiger partial charge in [-0.15, -0.1) is 0 Å². The second kappa shape index (κ2) is 8.98. The Morgan fingerprint density at radius 1 is 1.36 bits per heavy atom. The largest absolute Gasteiger partial charge is 0.491 e. The van der Waals surface area contributed by atoms with Crippen LogP contribution in [0.2, 0.25) is 0 Å². The molecule has 1 aromatic heterocycles. The van der Waals surface area contributed by atoms with Gasteiger partial charge in [0, 0.05) is 51.5 Å². The van der Waals surface area contributed by atoms with Crippen molar-refractivity contribution in [1.82, 2.24) is 4.68 Å². The van der Waals surface area contributed by atoms with Gasteiger partial charge in [0.15, 0.2) is 23.5 Å². The number of pyridine rings is 1. The average molecular weight is 354 g/mol. The minimum absolute atomic E-state index is 0.0788. The van der Waals surface area contributed by atoms with E-state index in [1.165, 1.54) is 27.4 Å². The lowest BCUT2D eigenvalue weighted by Crippen LogP contribution is -2.24. The molecule has 0 aromatic carbocycles. The Morgan fingerprint density at radius 3 is 2.72 bits per heavy atom. The van der Waals surface area contributed by atoms with Crippen molar-refractivity contribution in [2.24, 2.45) is 0 Å². The maximum absolute atomic E-state index is 12.7. The summed E-state index contributed by atoms with van der Waals surface area (Å²) in [5, 5.41) is 0. The SMILES string of the molecule is COc1c(C(=O)CCCOCC(OC)OC)n2c(cc1=O)C(C)CN2. The number of hydrogen-bond donors (Lipinski definition) is 1. The van der Waals surface area contributed by atoms with E-state index >= 15 is 0 Å². The van der Waals surface area contributed by atoms with Crippen molar-refractivity contribution in [2.75, 3.05) is 46.5 Å². The molecule has 0 spiro atoms. The number of ether oxygens (including phenoxy) is 4. The van der Waals surface area contributed by atoms with Crippen LogP contribution in [0.25, 0.3) is 0 Å². The fourth-order valence-corrected chi connectivity index (χ4v) is 2.79. The molecule has 8 heteroatoms. The number of ketones is 1. The number of carbonyl (C=O) groups excluding carboxylic acids is 1. The predicted molar refractivity (Wildman–Crippen MR) is 92.1 cm³/mol. The molecule has 0 fully saturated rings. The van der Waals surface area contributed by atoms with Crippen LogP contribution in [0.1, 0.15) is 41.9 Å². The van der Waals surface area contributed by atoms with Crippen molar-refractivity contribution in [3.8, 4) is 5.75 Å². The van der Waals surface area contributed by atoms with E-state index in [9.17, 15) is 9.59 Å². The fraction of sp³-hybridized carbons (Fsp3) is 0.647. The van der Waals surface area contributed by atoms with Gasteiger partial charge in [0.2, 0.25) is 5.43 Å². The first-order chi connectivity index (χ1) is 12.0. The van der Waals surface area contributed by atoms with Gasteiger partial charge in [0.25, 0.3) is 0 Å².